The van der Waals surface area contributed by atoms with Gasteiger partial charge >= 0.3 is 0 Å². The fourth-order valence-corrected chi connectivity index (χ4v) is 3.36. The van der Waals surface area contributed by atoms with Crippen LogP contribution in [-0.2, 0) is 10.0 Å². The highest BCUT2D eigenvalue weighted by atomic mass is 32.2. The van der Waals surface area contributed by atoms with Gasteiger partial charge in [0.05, 0.1) is 9.82 Å². The molecule has 0 radical (unpaired) electrons. The van der Waals surface area contributed by atoms with Crippen LogP contribution in [0.15, 0.2) is 29.2 Å². The molecule has 0 spiro atoms. The highest BCUT2D eigenvalue weighted by molar-refractivity contribution is 7.89. The van der Waals surface area contributed by atoms with Gasteiger partial charge in [-0.2, -0.15) is 4.31 Å². The minimum atomic E-state index is -3.56. The van der Waals surface area contributed by atoms with E-state index in [0.717, 1.165) is 12.8 Å². The van der Waals surface area contributed by atoms with E-state index in [1.807, 2.05) is 13.8 Å². The number of non-ortho nitro benzene ring substituents is 1. The molecule has 0 heterocycles. The van der Waals surface area contributed by atoms with E-state index in [4.69, 9.17) is 0 Å². The Morgan fingerprint density at radius 3 is 1.95 bits per heavy atom. The summed E-state index contributed by atoms with van der Waals surface area (Å²) in [5.74, 6) is 0. The molecule has 1 rings (SSSR count). The van der Waals surface area contributed by atoms with Crippen molar-refractivity contribution < 1.29 is 13.3 Å². The standard InChI is InChI=1S/C12H18N2O4S/c1-3-9-13(10-4-2)19(17,18)12-7-5-11(6-8-12)14(15)16/h5-8H,3-4,9-10H2,1-2H3. The number of nitrogens with zero attached hydrogens (tertiary/aromatic N) is 2. The SMILES string of the molecule is CCCN(CCC)S(=O)(=O)c1ccc([N+](=O)[O-])cc1. The van der Waals surface area contributed by atoms with Gasteiger partial charge in [-0.15, -0.1) is 0 Å². The minimum absolute atomic E-state index is 0.0972. The predicted octanol–water partition coefficient (Wildman–Crippen LogP) is 2.41. The van der Waals surface area contributed by atoms with Crippen molar-refractivity contribution in [2.75, 3.05) is 13.1 Å². The highest BCUT2D eigenvalue weighted by Crippen LogP contribution is 2.20. The van der Waals surface area contributed by atoms with Crippen LogP contribution in [0, 0.1) is 10.1 Å². The van der Waals surface area contributed by atoms with Crippen LogP contribution in [0.4, 0.5) is 5.69 Å². The molecule has 0 aliphatic rings. The Bertz CT molecular complexity index is 519. The van der Waals surface area contributed by atoms with E-state index < -0.39 is 14.9 Å². The normalized spacial score (nSPS) is 11.7. The van der Waals surface area contributed by atoms with Gasteiger partial charge in [0, 0.05) is 25.2 Å². The second kappa shape index (κ2) is 6.63. The van der Waals surface area contributed by atoms with Crippen LogP contribution in [0.2, 0.25) is 0 Å². The zero-order valence-corrected chi connectivity index (χ0v) is 11.9. The molecule has 0 saturated carbocycles. The molecule has 7 heteroatoms. The Hall–Kier alpha value is -1.47. The number of nitro groups is 1. The third-order valence-corrected chi connectivity index (χ3v) is 4.54. The van der Waals surface area contributed by atoms with E-state index in [1.165, 1.54) is 28.6 Å². The van der Waals surface area contributed by atoms with E-state index in [1.54, 1.807) is 0 Å². The van der Waals surface area contributed by atoms with Gasteiger partial charge in [0.1, 0.15) is 0 Å². The van der Waals surface area contributed by atoms with E-state index in [0.29, 0.717) is 13.1 Å². The summed E-state index contributed by atoms with van der Waals surface area (Å²) in [7, 11) is -3.56. The molecule has 19 heavy (non-hydrogen) atoms. The molecule has 0 fully saturated rings. The summed E-state index contributed by atoms with van der Waals surface area (Å²) in [5.41, 5.74) is -0.114. The average Bonchev–Trinajstić information content (AvgIpc) is 2.38. The third-order valence-electron chi connectivity index (χ3n) is 2.63. The van der Waals surface area contributed by atoms with Gasteiger partial charge in [-0.25, -0.2) is 8.42 Å². The third kappa shape index (κ3) is 3.74. The molecule has 1 aromatic rings. The first-order chi connectivity index (χ1) is 8.93. The van der Waals surface area contributed by atoms with E-state index >= 15 is 0 Å². The van der Waals surface area contributed by atoms with Crippen molar-refractivity contribution in [3.05, 3.63) is 34.4 Å². The maximum atomic E-state index is 12.3. The first-order valence-electron chi connectivity index (χ1n) is 6.18. The minimum Gasteiger partial charge on any atom is -0.258 e. The molecule has 0 N–H and O–H groups in total. The van der Waals surface area contributed by atoms with Gasteiger partial charge in [-0.3, -0.25) is 10.1 Å². The monoisotopic (exact) mass is 286 g/mol. The Kier molecular flexibility index (Phi) is 5.44. The van der Waals surface area contributed by atoms with Gasteiger partial charge in [0.25, 0.3) is 5.69 Å². The maximum absolute atomic E-state index is 12.3. The quantitative estimate of drug-likeness (QED) is 0.569. The van der Waals surface area contributed by atoms with Crippen LogP contribution < -0.4 is 0 Å². The molecule has 0 atom stereocenters. The zero-order valence-electron chi connectivity index (χ0n) is 11.1. The lowest BCUT2D eigenvalue weighted by Crippen LogP contribution is -2.32. The molecule has 0 unspecified atom stereocenters. The summed E-state index contributed by atoms with van der Waals surface area (Å²) in [6.07, 6.45) is 1.46. The molecule has 6 nitrogen and oxygen atoms in total. The van der Waals surface area contributed by atoms with Gasteiger partial charge in [-0.1, -0.05) is 13.8 Å². The van der Waals surface area contributed by atoms with Crippen molar-refractivity contribution >= 4 is 15.7 Å². The maximum Gasteiger partial charge on any atom is 0.269 e. The van der Waals surface area contributed by atoms with E-state index in [9.17, 15) is 18.5 Å². The van der Waals surface area contributed by atoms with Crippen LogP contribution in [0.25, 0.3) is 0 Å². The van der Waals surface area contributed by atoms with Crippen LogP contribution >= 0.6 is 0 Å². The summed E-state index contributed by atoms with van der Waals surface area (Å²) in [5, 5.41) is 10.5. The van der Waals surface area contributed by atoms with Crippen LogP contribution in [0.1, 0.15) is 26.7 Å². The number of hydrogen-bond donors (Lipinski definition) is 0. The summed E-state index contributed by atoms with van der Waals surface area (Å²) in [6, 6.07) is 4.99. The average molecular weight is 286 g/mol. The van der Waals surface area contributed by atoms with Crippen molar-refractivity contribution in [3.8, 4) is 0 Å². The number of hydrogen-bond acceptors (Lipinski definition) is 4. The van der Waals surface area contributed by atoms with Crippen LogP contribution in [0.5, 0.6) is 0 Å². The van der Waals surface area contributed by atoms with Gasteiger partial charge in [-0.05, 0) is 25.0 Å². The number of nitro benzene ring substituents is 1. The Balaban J connectivity index is 3.07. The van der Waals surface area contributed by atoms with Crippen LogP contribution in [-0.4, -0.2) is 30.7 Å². The Morgan fingerprint density at radius 2 is 1.58 bits per heavy atom. The number of rotatable bonds is 7. The number of sulfonamides is 1. The lowest BCUT2D eigenvalue weighted by molar-refractivity contribution is -0.384. The lowest BCUT2D eigenvalue weighted by Gasteiger charge is -2.20. The second-order valence-corrected chi connectivity index (χ2v) is 6.09. The second-order valence-electron chi connectivity index (χ2n) is 4.16. The molecular weight excluding hydrogens is 268 g/mol. The fourth-order valence-electron chi connectivity index (χ4n) is 1.74. The molecular formula is C12H18N2O4S. The summed E-state index contributed by atoms with van der Waals surface area (Å²) >= 11 is 0. The summed E-state index contributed by atoms with van der Waals surface area (Å²) in [6.45, 7) is 4.72. The molecule has 0 aliphatic heterocycles. The molecule has 0 amide bonds. The molecule has 0 aromatic heterocycles. The molecule has 0 aliphatic carbocycles. The molecule has 0 saturated heterocycles. The fraction of sp³-hybridized carbons (Fsp3) is 0.500. The van der Waals surface area contributed by atoms with Gasteiger partial charge in [0.15, 0.2) is 0 Å². The Morgan fingerprint density at radius 1 is 1.11 bits per heavy atom. The summed E-state index contributed by atoms with van der Waals surface area (Å²) in [4.78, 5) is 10.1. The first kappa shape index (κ1) is 15.6. The van der Waals surface area contributed by atoms with Crippen molar-refractivity contribution in [2.24, 2.45) is 0 Å². The first-order valence-corrected chi connectivity index (χ1v) is 7.62. The van der Waals surface area contributed by atoms with Gasteiger partial charge in [0.2, 0.25) is 10.0 Å². The Labute approximate surface area is 113 Å². The molecule has 0 bridgehead atoms. The van der Waals surface area contributed by atoms with Crippen LogP contribution in [0.3, 0.4) is 0 Å². The topological polar surface area (TPSA) is 80.5 Å². The van der Waals surface area contributed by atoms with Crippen molar-refractivity contribution in [2.45, 2.75) is 31.6 Å². The summed E-state index contributed by atoms with van der Waals surface area (Å²) < 4.78 is 26.1. The van der Waals surface area contributed by atoms with Gasteiger partial charge < -0.3 is 0 Å². The van der Waals surface area contributed by atoms with Crippen molar-refractivity contribution in [1.29, 1.82) is 0 Å². The van der Waals surface area contributed by atoms with Crippen molar-refractivity contribution in [3.63, 3.8) is 0 Å². The predicted molar refractivity (Wildman–Crippen MR) is 72.4 cm³/mol. The van der Waals surface area contributed by atoms with E-state index in [2.05, 4.69) is 0 Å². The lowest BCUT2D eigenvalue weighted by atomic mass is 10.3. The smallest absolute Gasteiger partial charge is 0.258 e. The zero-order chi connectivity index (χ0) is 14.5. The number of benzene rings is 1. The van der Waals surface area contributed by atoms with E-state index in [-0.39, 0.29) is 10.6 Å². The molecule has 1 aromatic carbocycles. The highest BCUT2D eigenvalue weighted by Gasteiger charge is 2.23. The molecule has 106 valence electrons. The largest absolute Gasteiger partial charge is 0.269 e. The van der Waals surface area contributed by atoms with Crippen molar-refractivity contribution in [1.82, 2.24) is 4.31 Å².